The van der Waals surface area contributed by atoms with Crippen LogP contribution in [0.15, 0.2) is 103 Å². The SMILES string of the molecule is COc1cc(C[P+](c2ccccc2)(c2ccccc2)c2ccccc2)cc(O[Si](C)(C)C(C)(C)C)c1OC. The maximum absolute atomic E-state index is 6.85. The van der Waals surface area contributed by atoms with Crippen LogP contribution < -0.4 is 29.8 Å². The predicted molar refractivity (Wildman–Crippen MR) is 166 cm³/mol. The Kier molecular flexibility index (Phi) is 8.35. The average Bonchev–Trinajstić information content (AvgIpc) is 2.92. The molecule has 0 aliphatic rings. The largest absolute Gasteiger partial charge is 0.541 e. The molecule has 0 aliphatic carbocycles. The minimum absolute atomic E-state index is 0.0517. The Morgan fingerprint density at radius 2 is 1.05 bits per heavy atom. The zero-order chi connectivity index (χ0) is 27.4. The Hall–Kier alpha value is -3.07. The molecule has 0 aromatic heterocycles. The van der Waals surface area contributed by atoms with Crippen molar-refractivity contribution in [3.8, 4) is 17.2 Å². The quantitative estimate of drug-likeness (QED) is 0.161. The molecule has 0 N–H and O–H groups in total. The van der Waals surface area contributed by atoms with Crippen LogP contribution in [0.4, 0.5) is 0 Å². The van der Waals surface area contributed by atoms with Crippen LogP contribution in [0, 0.1) is 0 Å². The highest BCUT2D eigenvalue weighted by molar-refractivity contribution is 7.95. The third-order valence-corrected chi connectivity index (χ3v) is 16.4. The maximum atomic E-state index is 6.85. The monoisotopic (exact) mass is 543 g/mol. The molecule has 38 heavy (non-hydrogen) atoms. The summed E-state index contributed by atoms with van der Waals surface area (Å²) in [5.41, 5.74) is 1.17. The first-order chi connectivity index (χ1) is 18.1. The standard InChI is InChI=1S/C33H40O3PSi/c1-33(2,3)38(6,7)36-31-24-26(23-30(34-4)32(31)35-5)25-37(27-17-11-8-12-18-27,28-19-13-9-14-20-28)29-21-15-10-16-22-29/h8-24H,25H2,1-7H3/q+1. The van der Waals surface area contributed by atoms with Gasteiger partial charge in [0.25, 0.3) is 8.32 Å². The summed E-state index contributed by atoms with van der Waals surface area (Å²) in [7, 11) is -0.816. The van der Waals surface area contributed by atoms with Gasteiger partial charge in [-0.2, -0.15) is 0 Å². The summed E-state index contributed by atoms with van der Waals surface area (Å²) in [5.74, 6) is 2.12. The summed E-state index contributed by atoms with van der Waals surface area (Å²) < 4.78 is 18.6. The Labute approximate surface area is 230 Å². The topological polar surface area (TPSA) is 27.7 Å². The number of methoxy groups -OCH3 is 2. The van der Waals surface area contributed by atoms with Crippen molar-refractivity contribution < 1.29 is 13.9 Å². The van der Waals surface area contributed by atoms with Gasteiger partial charge in [0, 0.05) is 0 Å². The molecular formula is C33H40O3PSi+. The van der Waals surface area contributed by atoms with E-state index in [1.165, 1.54) is 21.5 Å². The van der Waals surface area contributed by atoms with E-state index in [0.29, 0.717) is 11.5 Å². The molecule has 0 fully saturated rings. The van der Waals surface area contributed by atoms with Crippen molar-refractivity contribution in [1.82, 2.24) is 0 Å². The second-order valence-electron chi connectivity index (χ2n) is 11.2. The summed E-state index contributed by atoms with van der Waals surface area (Å²) >= 11 is 0. The van der Waals surface area contributed by atoms with Crippen LogP contribution in [0.25, 0.3) is 0 Å². The van der Waals surface area contributed by atoms with Gasteiger partial charge in [0.15, 0.2) is 11.5 Å². The van der Waals surface area contributed by atoms with Crippen LogP contribution in [0.3, 0.4) is 0 Å². The molecule has 0 saturated carbocycles. The highest BCUT2D eigenvalue weighted by atomic mass is 31.2. The molecule has 0 aliphatic heterocycles. The van der Waals surface area contributed by atoms with Crippen LogP contribution in [0.2, 0.25) is 18.1 Å². The fourth-order valence-corrected chi connectivity index (χ4v) is 9.84. The first kappa shape index (κ1) is 27.9. The van der Waals surface area contributed by atoms with Crippen molar-refractivity contribution in [3.63, 3.8) is 0 Å². The first-order valence-corrected chi connectivity index (χ1v) is 18.0. The van der Waals surface area contributed by atoms with Gasteiger partial charge < -0.3 is 13.9 Å². The average molecular weight is 544 g/mol. The Morgan fingerprint density at radius 1 is 0.632 bits per heavy atom. The fraction of sp³-hybridized carbons (Fsp3) is 0.273. The lowest BCUT2D eigenvalue weighted by atomic mass is 10.2. The van der Waals surface area contributed by atoms with Gasteiger partial charge in [-0.05, 0) is 72.2 Å². The lowest BCUT2D eigenvalue weighted by Crippen LogP contribution is -2.44. The van der Waals surface area contributed by atoms with Crippen molar-refractivity contribution >= 4 is 31.5 Å². The zero-order valence-electron chi connectivity index (χ0n) is 23.7. The number of rotatable bonds is 9. The van der Waals surface area contributed by atoms with E-state index in [4.69, 9.17) is 13.9 Å². The third-order valence-electron chi connectivity index (χ3n) is 7.69. The summed E-state index contributed by atoms with van der Waals surface area (Å²) in [4.78, 5) is 0. The van der Waals surface area contributed by atoms with Crippen molar-refractivity contribution in [2.24, 2.45) is 0 Å². The lowest BCUT2D eigenvalue weighted by Gasteiger charge is -2.37. The second-order valence-corrected chi connectivity index (χ2v) is 19.4. The van der Waals surface area contributed by atoms with E-state index in [1.807, 2.05) is 0 Å². The molecule has 4 aromatic rings. The lowest BCUT2D eigenvalue weighted by molar-refractivity contribution is 0.340. The maximum Gasteiger partial charge on any atom is 0.250 e. The molecule has 0 saturated heterocycles. The molecule has 4 rings (SSSR count). The number of hydrogen-bond donors (Lipinski definition) is 0. The molecular weight excluding hydrogens is 503 g/mol. The van der Waals surface area contributed by atoms with Gasteiger partial charge in [-0.15, -0.1) is 0 Å². The van der Waals surface area contributed by atoms with E-state index in [-0.39, 0.29) is 5.04 Å². The first-order valence-electron chi connectivity index (χ1n) is 13.1. The highest BCUT2D eigenvalue weighted by Crippen LogP contribution is 2.59. The van der Waals surface area contributed by atoms with Crippen LogP contribution >= 0.6 is 7.26 Å². The van der Waals surface area contributed by atoms with E-state index < -0.39 is 15.6 Å². The number of hydrogen-bond acceptors (Lipinski definition) is 3. The van der Waals surface area contributed by atoms with Gasteiger partial charge in [-0.3, -0.25) is 0 Å². The minimum Gasteiger partial charge on any atom is -0.541 e. The van der Waals surface area contributed by atoms with Gasteiger partial charge >= 0.3 is 0 Å². The van der Waals surface area contributed by atoms with E-state index in [0.717, 1.165) is 11.9 Å². The molecule has 0 heterocycles. The molecule has 3 nitrogen and oxygen atoms in total. The fourth-order valence-electron chi connectivity index (χ4n) is 4.62. The highest BCUT2D eigenvalue weighted by Gasteiger charge is 2.46. The van der Waals surface area contributed by atoms with E-state index in [2.05, 4.69) is 137 Å². The Bertz CT molecular complexity index is 1240. The second kappa shape index (κ2) is 11.4. The Morgan fingerprint density at radius 3 is 1.42 bits per heavy atom. The molecule has 0 bridgehead atoms. The normalized spacial score (nSPS) is 12.2. The summed E-state index contributed by atoms with van der Waals surface area (Å²) in [6, 6.07) is 37.2. The smallest absolute Gasteiger partial charge is 0.250 e. The van der Waals surface area contributed by atoms with Gasteiger partial charge in [-0.1, -0.05) is 75.4 Å². The van der Waals surface area contributed by atoms with Crippen molar-refractivity contribution in [2.75, 3.05) is 14.2 Å². The molecule has 0 unspecified atom stereocenters. The van der Waals surface area contributed by atoms with Crippen LogP contribution in [0.1, 0.15) is 26.3 Å². The van der Waals surface area contributed by atoms with Gasteiger partial charge in [-0.25, -0.2) is 0 Å². The summed E-state index contributed by atoms with van der Waals surface area (Å²) in [6.07, 6.45) is 0.833. The van der Waals surface area contributed by atoms with E-state index in [1.54, 1.807) is 14.2 Å². The van der Waals surface area contributed by atoms with E-state index in [9.17, 15) is 0 Å². The molecule has 0 amide bonds. The van der Waals surface area contributed by atoms with Crippen molar-refractivity contribution in [2.45, 2.75) is 45.1 Å². The van der Waals surface area contributed by atoms with Crippen molar-refractivity contribution in [1.29, 1.82) is 0 Å². The van der Waals surface area contributed by atoms with Gasteiger partial charge in [0.1, 0.15) is 23.2 Å². The molecule has 5 heteroatoms. The molecule has 198 valence electrons. The minimum atomic E-state index is -2.13. The van der Waals surface area contributed by atoms with Crippen LogP contribution in [-0.4, -0.2) is 22.5 Å². The molecule has 0 spiro atoms. The molecule has 0 atom stereocenters. The van der Waals surface area contributed by atoms with E-state index >= 15 is 0 Å². The molecule has 0 radical (unpaired) electrons. The van der Waals surface area contributed by atoms with Crippen molar-refractivity contribution in [3.05, 3.63) is 109 Å². The number of benzene rings is 4. The van der Waals surface area contributed by atoms with Gasteiger partial charge in [0.2, 0.25) is 5.75 Å². The summed E-state index contributed by atoms with van der Waals surface area (Å²) in [6.45, 7) is 11.3. The zero-order valence-corrected chi connectivity index (χ0v) is 25.6. The third kappa shape index (κ3) is 5.53. The summed E-state index contributed by atoms with van der Waals surface area (Å²) in [5, 5.41) is 4.09. The van der Waals surface area contributed by atoms with Crippen LogP contribution in [0.5, 0.6) is 17.2 Å². The molecule has 4 aromatic carbocycles. The van der Waals surface area contributed by atoms with Gasteiger partial charge in [0.05, 0.1) is 20.4 Å². The predicted octanol–water partition coefficient (Wildman–Crippen LogP) is 7.58. The number of ether oxygens (including phenoxy) is 2. The van der Waals surface area contributed by atoms with Crippen LogP contribution in [-0.2, 0) is 6.16 Å². The Balaban J connectivity index is 1.96.